The molecule has 0 aromatic heterocycles. The van der Waals surface area contributed by atoms with Gasteiger partial charge in [-0.2, -0.15) is 11.8 Å². The smallest absolute Gasteiger partial charge is 0.332 e. The van der Waals surface area contributed by atoms with Crippen LogP contribution in [0.25, 0.3) is 0 Å². The molecule has 0 saturated carbocycles. The first kappa shape index (κ1) is 9.78. The summed E-state index contributed by atoms with van der Waals surface area (Å²) in [6.07, 6.45) is -0.840. The SMILES string of the molecule is CCSCCC(O)C(=O)O. The first-order valence-corrected chi connectivity index (χ1v) is 4.32. The number of thioether (sulfide) groups is 1. The van der Waals surface area contributed by atoms with Gasteiger partial charge in [0.05, 0.1) is 0 Å². The zero-order chi connectivity index (χ0) is 7.98. The van der Waals surface area contributed by atoms with E-state index in [2.05, 4.69) is 0 Å². The lowest BCUT2D eigenvalue weighted by molar-refractivity contribution is -0.146. The number of carboxylic acid groups (broad SMARTS) is 1. The van der Waals surface area contributed by atoms with Crippen LogP contribution in [0, 0.1) is 0 Å². The fourth-order valence-corrected chi connectivity index (χ4v) is 1.14. The van der Waals surface area contributed by atoms with Crippen LogP contribution in [0.1, 0.15) is 13.3 Å². The third kappa shape index (κ3) is 4.64. The van der Waals surface area contributed by atoms with Crippen molar-refractivity contribution < 1.29 is 15.0 Å². The summed E-state index contributed by atoms with van der Waals surface area (Å²) >= 11 is 1.63. The van der Waals surface area contributed by atoms with E-state index >= 15 is 0 Å². The summed E-state index contributed by atoms with van der Waals surface area (Å²) in [6, 6.07) is 0. The minimum absolute atomic E-state index is 0.341. The number of aliphatic carboxylic acids is 1. The zero-order valence-corrected chi connectivity index (χ0v) is 6.73. The largest absolute Gasteiger partial charge is 0.479 e. The molecule has 0 aliphatic heterocycles. The molecule has 1 atom stereocenters. The van der Waals surface area contributed by atoms with Crippen molar-refractivity contribution in [3.63, 3.8) is 0 Å². The summed E-state index contributed by atoms with van der Waals surface area (Å²) in [5.74, 6) is 0.549. The Labute approximate surface area is 64.4 Å². The van der Waals surface area contributed by atoms with Crippen molar-refractivity contribution in [1.29, 1.82) is 0 Å². The quantitative estimate of drug-likeness (QED) is 0.583. The van der Waals surface area contributed by atoms with E-state index in [-0.39, 0.29) is 0 Å². The number of hydrogen-bond donors (Lipinski definition) is 2. The second-order valence-electron chi connectivity index (χ2n) is 1.84. The molecule has 0 bridgehead atoms. The van der Waals surface area contributed by atoms with E-state index in [0.717, 1.165) is 5.75 Å². The van der Waals surface area contributed by atoms with Gasteiger partial charge in [-0.3, -0.25) is 0 Å². The highest BCUT2D eigenvalue weighted by molar-refractivity contribution is 7.99. The van der Waals surface area contributed by atoms with Crippen LogP contribution in [0.5, 0.6) is 0 Å². The Morgan fingerprint density at radius 2 is 2.30 bits per heavy atom. The van der Waals surface area contributed by atoms with E-state index in [1.54, 1.807) is 11.8 Å². The second-order valence-corrected chi connectivity index (χ2v) is 3.23. The third-order valence-electron chi connectivity index (χ3n) is 1.02. The summed E-state index contributed by atoms with van der Waals surface area (Å²) < 4.78 is 0. The first-order valence-electron chi connectivity index (χ1n) is 3.17. The fraction of sp³-hybridized carbons (Fsp3) is 0.833. The second kappa shape index (κ2) is 5.56. The van der Waals surface area contributed by atoms with Gasteiger partial charge in [0.1, 0.15) is 0 Å². The van der Waals surface area contributed by atoms with Crippen molar-refractivity contribution in [2.24, 2.45) is 0 Å². The van der Waals surface area contributed by atoms with Crippen molar-refractivity contribution >= 4 is 17.7 Å². The molecule has 0 fully saturated rings. The fourth-order valence-electron chi connectivity index (χ4n) is 0.463. The van der Waals surface area contributed by atoms with Crippen LogP contribution in [0.4, 0.5) is 0 Å². The molecule has 2 N–H and O–H groups in total. The Balaban J connectivity index is 3.21. The van der Waals surface area contributed by atoms with Crippen LogP contribution >= 0.6 is 11.8 Å². The Kier molecular flexibility index (Phi) is 5.43. The predicted molar refractivity (Wildman–Crippen MR) is 41.3 cm³/mol. The molecule has 0 amide bonds. The third-order valence-corrected chi connectivity index (χ3v) is 1.96. The average Bonchev–Trinajstić information content (AvgIpc) is 1.88. The lowest BCUT2D eigenvalue weighted by Gasteiger charge is -2.02. The molecule has 1 unspecified atom stereocenters. The molecule has 0 rings (SSSR count). The standard InChI is InChI=1S/C6H12O3S/c1-2-10-4-3-5(7)6(8)9/h5,7H,2-4H2,1H3,(H,8,9). The summed E-state index contributed by atoms with van der Waals surface area (Å²) in [6.45, 7) is 2.00. The summed E-state index contributed by atoms with van der Waals surface area (Å²) in [7, 11) is 0. The maximum Gasteiger partial charge on any atom is 0.332 e. The molecule has 0 heterocycles. The van der Waals surface area contributed by atoms with Gasteiger partial charge in [0.15, 0.2) is 6.10 Å². The maximum absolute atomic E-state index is 10.0. The molecule has 0 aromatic carbocycles. The van der Waals surface area contributed by atoms with Gasteiger partial charge in [-0.25, -0.2) is 4.79 Å². The first-order chi connectivity index (χ1) is 4.68. The number of aliphatic hydroxyl groups excluding tert-OH is 1. The molecule has 0 aromatic rings. The van der Waals surface area contributed by atoms with E-state index < -0.39 is 12.1 Å². The van der Waals surface area contributed by atoms with Crippen LogP contribution in [-0.4, -0.2) is 33.8 Å². The summed E-state index contributed by atoms with van der Waals surface area (Å²) in [5.41, 5.74) is 0. The zero-order valence-electron chi connectivity index (χ0n) is 5.91. The van der Waals surface area contributed by atoms with Gasteiger partial charge in [-0.05, 0) is 17.9 Å². The van der Waals surface area contributed by atoms with Gasteiger partial charge in [0.25, 0.3) is 0 Å². The highest BCUT2D eigenvalue weighted by Gasteiger charge is 2.11. The average molecular weight is 164 g/mol. The molecule has 60 valence electrons. The molecule has 0 saturated heterocycles. The predicted octanol–water partition coefficient (Wildman–Crippen LogP) is 0.575. The number of rotatable bonds is 5. The number of aliphatic hydroxyl groups is 1. The molecule has 0 radical (unpaired) electrons. The van der Waals surface area contributed by atoms with E-state index in [4.69, 9.17) is 10.2 Å². The maximum atomic E-state index is 10.0. The lowest BCUT2D eigenvalue weighted by atomic mass is 10.3. The molecule has 0 aliphatic rings. The highest BCUT2D eigenvalue weighted by atomic mass is 32.2. The van der Waals surface area contributed by atoms with Crippen molar-refractivity contribution in [2.45, 2.75) is 19.4 Å². The van der Waals surface area contributed by atoms with Gasteiger partial charge in [-0.1, -0.05) is 6.92 Å². The summed E-state index contributed by atoms with van der Waals surface area (Å²) in [4.78, 5) is 10.0. The van der Waals surface area contributed by atoms with Crippen molar-refractivity contribution in [2.75, 3.05) is 11.5 Å². The number of carboxylic acids is 1. The minimum Gasteiger partial charge on any atom is -0.479 e. The molecule has 3 nitrogen and oxygen atoms in total. The minimum atomic E-state index is -1.18. The topological polar surface area (TPSA) is 57.5 Å². The van der Waals surface area contributed by atoms with Gasteiger partial charge in [-0.15, -0.1) is 0 Å². The van der Waals surface area contributed by atoms with Crippen LogP contribution in [0.15, 0.2) is 0 Å². The number of hydrogen-bond acceptors (Lipinski definition) is 3. The number of carbonyl (C=O) groups is 1. The Morgan fingerprint density at radius 3 is 2.70 bits per heavy atom. The molecular weight excluding hydrogens is 152 g/mol. The van der Waals surface area contributed by atoms with Crippen molar-refractivity contribution in [3.8, 4) is 0 Å². The molecule has 4 heteroatoms. The van der Waals surface area contributed by atoms with Gasteiger partial charge >= 0.3 is 5.97 Å². The molecule has 0 spiro atoms. The van der Waals surface area contributed by atoms with E-state index in [1.807, 2.05) is 6.92 Å². The van der Waals surface area contributed by atoms with Gasteiger partial charge in [0.2, 0.25) is 0 Å². The Bertz CT molecular complexity index is 105. The van der Waals surface area contributed by atoms with Crippen LogP contribution in [0.3, 0.4) is 0 Å². The van der Waals surface area contributed by atoms with Crippen molar-refractivity contribution in [3.05, 3.63) is 0 Å². The van der Waals surface area contributed by atoms with E-state index in [1.165, 1.54) is 0 Å². The van der Waals surface area contributed by atoms with Gasteiger partial charge in [0, 0.05) is 0 Å². The molecular formula is C6H12O3S. The van der Waals surface area contributed by atoms with Crippen LogP contribution < -0.4 is 0 Å². The van der Waals surface area contributed by atoms with E-state index in [0.29, 0.717) is 12.2 Å². The highest BCUT2D eigenvalue weighted by Crippen LogP contribution is 2.03. The lowest BCUT2D eigenvalue weighted by Crippen LogP contribution is -2.19. The van der Waals surface area contributed by atoms with Crippen molar-refractivity contribution in [1.82, 2.24) is 0 Å². The van der Waals surface area contributed by atoms with Crippen LogP contribution in [0.2, 0.25) is 0 Å². The van der Waals surface area contributed by atoms with E-state index in [9.17, 15) is 4.79 Å². The molecule has 10 heavy (non-hydrogen) atoms. The molecule has 0 aliphatic carbocycles. The summed E-state index contributed by atoms with van der Waals surface area (Å²) in [5, 5.41) is 17.0. The van der Waals surface area contributed by atoms with Gasteiger partial charge < -0.3 is 10.2 Å². The van der Waals surface area contributed by atoms with Crippen LogP contribution in [-0.2, 0) is 4.79 Å². The Morgan fingerprint density at radius 1 is 1.70 bits per heavy atom. The normalized spacial score (nSPS) is 13.0. The monoisotopic (exact) mass is 164 g/mol. The Hall–Kier alpha value is -0.220.